The van der Waals surface area contributed by atoms with Gasteiger partial charge in [0, 0.05) is 13.0 Å². The summed E-state index contributed by atoms with van der Waals surface area (Å²) >= 11 is 0. The quantitative estimate of drug-likeness (QED) is 0.842. The van der Waals surface area contributed by atoms with Crippen LogP contribution in [0.15, 0.2) is 0 Å². The molecule has 0 aliphatic heterocycles. The van der Waals surface area contributed by atoms with Gasteiger partial charge in [-0.15, -0.1) is 0 Å². The molecule has 0 fully saturated rings. The minimum Gasteiger partial charge on any atom is -0.477 e. The third-order valence-electron chi connectivity index (χ3n) is 2.81. The van der Waals surface area contributed by atoms with Gasteiger partial charge in [-0.1, -0.05) is 27.7 Å². The van der Waals surface area contributed by atoms with Gasteiger partial charge in [-0.25, -0.2) is 4.98 Å². The first-order valence-corrected chi connectivity index (χ1v) is 6.64. The molecule has 18 heavy (non-hydrogen) atoms. The summed E-state index contributed by atoms with van der Waals surface area (Å²) in [7, 11) is 1.87. The monoisotopic (exact) mass is 251 g/mol. The molecule has 0 bridgehead atoms. The Morgan fingerprint density at radius 2 is 1.83 bits per heavy atom. The molecule has 1 aromatic rings. The molecule has 0 atom stereocenters. The molecule has 0 aliphatic rings. The van der Waals surface area contributed by atoms with Gasteiger partial charge in [0.05, 0.1) is 12.2 Å². The normalized spacial score (nSPS) is 11.1. The van der Waals surface area contributed by atoms with Crippen LogP contribution in [0.25, 0.3) is 0 Å². The maximum atomic E-state index is 5.79. The predicted octanol–water partition coefficient (Wildman–Crippen LogP) is 3.38. The third-order valence-corrected chi connectivity index (χ3v) is 2.81. The first-order valence-electron chi connectivity index (χ1n) is 6.64. The first kappa shape index (κ1) is 14.7. The summed E-state index contributed by atoms with van der Waals surface area (Å²) in [5, 5.41) is 3.10. The number of nitrogens with one attached hydrogen (secondary N) is 1. The lowest BCUT2D eigenvalue weighted by atomic mass is 10.1. The number of ether oxygens (including phenoxy) is 1. The lowest BCUT2D eigenvalue weighted by molar-refractivity contribution is 0.276. The fourth-order valence-electron chi connectivity index (χ4n) is 1.55. The lowest BCUT2D eigenvalue weighted by Gasteiger charge is -2.15. The second kappa shape index (κ2) is 6.57. The summed E-state index contributed by atoms with van der Waals surface area (Å²) < 4.78 is 5.79. The number of anilines is 1. The lowest BCUT2D eigenvalue weighted by Crippen LogP contribution is -2.10. The Kier molecular flexibility index (Phi) is 5.38. The van der Waals surface area contributed by atoms with Gasteiger partial charge in [-0.2, -0.15) is 4.98 Å². The van der Waals surface area contributed by atoms with Crippen LogP contribution in [0.1, 0.15) is 51.4 Å². The molecule has 0 aliphatic carbocycles. The largest absolute Gasteiger partial charge is 0.477 e. The van der Waals surface area contributed by atoms with Gasteiger partial charge >= 0.3 is 0 Å². The van der Waals surface area contributed by atoms with Crippen molar-refractivity contribution >= 4 is 5.82 Å². The summed E-state index contributed by atoms with van der Waals surface area (Å²) in [6.45, 7) is 11.2. The van der Waals surface area contributed by atoms with E-state index in [9.17, 15) is 0 Å². The average Bonchev–Trinajstić information content (AvgIpc) is 2.30. The van der Waals surface area contributed by atoms with E-state index in [0.717, 1.165) is 23.6 Å². The van der Waals surface area contributed by atoms with Crippen molar-refractivity contribution in [3.63, 3.8) is 0 Å². The van der Waals surface area contributed by atoms with E-state index >= 15 is 0 Å². The van der Waals surface area contributed by atoms with Gasteiger partial charge in [0.25, 0.3) is 0 Å². The molecular weight excluding hydrogens is 226 g/mol. The minimum atomic E-state index is 0.296. The number of hydrogen-bond acceptors (Lipinski definition) is 4. The molecule has 0 radical (unpaired) electrons. The van der Waals surface area contributed by atoms with E-state index in [1.807, 2.05) is 14.0 Å². The highest BCUT2D eigenvalue weighted by Crippen LogP contribution is 2.24. The van der Waals surface area contributed by atoms with Crippen molar-refractivity contribution in [1.29, 1.82) is 0 Å². The highest BCUT2D eigenvalue weighted by molar-refractivity contribution is 5.48. The van der Waals surface area contributed by atoms with E-state index in [1.165, 1.54) is 0 Å². The Morgan fingerprint density at radius 1 is 1.17 bits per heavy atom. The topological polar surface area (TPSA) is 47.0 Å². The van der Waals surface area contributed by atoms with Crippen molar-refractivity contribution in [3.8, 4) is 5.88 Å². The highest BCUT2D eigenvalue weighted by atomic mass is 16.5. The van der Waals surface area contributed by atoms with E-state index in [1.54, 1.807) is 0 Å². The van der Waals surface area contributed by atoms with Crippen molar-refractivity contribution in [2.75, 3.05) is 19.0 Å². The Bertz CT molecular complexity index is 389. The van der Waals surface area contributed by atoms with Crippen LogP contribution in [-0.4, -0.2) is 23.6 Å². The van der Waals surface area contributed by atoms with Gasteiger partial charge in [0.1, 0.15) is 11.6 Å². The minimum absolute atomic E-state index is 0.296. The second-order valence-corrected chi connectivity index (χ2v) is 5.30. The van der Waals surface area contributed by atoms with Gasteiger partial charge in [-0.05, 0) is 19.3 Å². The summed E-state index contributed by atoms with van der Waals surface area (Å²) in [5.74, 6) is 3.32. The van der Waals surface area contributed by atoms with Crippen LogP contribution in [0.4, 0.5) is 5.82 Å². The first-order chi connectivity index (χ1) is 8.45. The SMILES string of the molecule is CNc1nc(C(C)C)nc(OCCC(C)C)c1C. The molecule has 4 nitrogen and oxygen atoms in total. The maximum Gasteiger partial charge on any atom is 0.221 e. The van der Waals surface area contributed by atoms with Crippen molar-refractivity contribution in [3.05, 3.63) is 11.4 Å². The molecule has 0 amide bonds. The van der Waals surface area contributed by atoms with Gasteiger partial charge in [-0.3, -0.25) is 0 Å². The van der Waals surface area contributed by atoms with Crippen LogP contribution in [0.3, 0.4) is 0 Å². The number of rotatable bonds is 6. The summed E-state index contributed by atoms with van der Waals surface area (Å²) in [6, 6.07) is 0. The molecule has 0 aromatic carbocycles. The van der Waals surface area contributed by atoms with Crippen molar-refractivity contribution in [2.24, 2.45) is 5.92 Å². The van der Waals surface area contributed by atoms with Gasteiger partial charge < -0.3 is 10.1 Å². The van der Waals surface area contributed by atoms with Crippen LogP contribution in [0, 0.1) is 12.8 Å². The predicted molar refractivity (Wildman–Crippen MR) is 75.4 cm³/mol. The van der Waals surface area contributed by atoms with Crippen LogP contribution in [-0.2, 0) is 0 Å². The molecule has 4 heteroatoms. The zero-order chi connectivity index (χ0) is 13.7. The van der Waals surface area contributed by atoms with Crippen molar-refractivity contribution in [2.45, 2.75) is 47.0 Å². The third kappa shape index (κ3) is 3.86. The maximum absolute atomic E-state index is 5.79. The van der Waals surface area contributed by atoms with E-state index in [0.29, 0.717) is 24.3 Å². The average molecular weight is 251 g/mol. The van der Waals surface area contributed by atoms with Crippen molar-refractivity contribution in [1.82, 2.24) is 9.97 Å². The smallest absolute Gasteiger partial charge is 0.221 e. The Hall–Kier alpha value is -1.32. The number of hydrogen-bond donors (Lipinski definition) is 1. The second-order valence-electron chi connectivity index (χ2n) is 5.30. The molecule has 1 heterocycles. The van der Waals surface area contributed by atoms with E-state index < -0.39 is 0 Å². The van der Waals surface area contributed by atoms with Crippen molar-refractivity contribution < 1.29 is 4.74 Å². The van der Waals surface area contributed by atoms with Gasteiger partial charge in [0.2, 0.25) is 5.88 Å². The van der Waals surface area contributed by atoms with Gasteiger partial charge in [0.15, 0.2) is 0 Å². The Balaban J connectivity index is 2.91. The molecule has 0 spiro atoms. The van der Waals surface area contributed by atoms with E-state index in [-0.39, 0.29) is 0 Å². The molecule has 1 aromatic heterocycles. The summed E-state index contributed by atoms with van der Waals surface area (Å²) in [5.41, 5.74) is 0.977. The molecule has 1 rings (SSSR count). The zero-order valence-electron chi connectivity index (χ0n) is 12.4. The molecule has 1 N–H and O–H groups in total. The highest BCUT2D eigenvalue weighted by Gasteiger charge is 2.13. The number of aromatic nitrogens is 2. The molecule has 0 saturated heterocycles. The molecular formula is C14H25N3O. The Morgan fingerprint density at radius 3 is 2.33 bits per heavy atom. The van der Waals surface area contributed by atoms with Crippen LogP contribution < -0.4 is 10.1 Å². The standard InChI is InChI=1S/C14H25N3O/c1-9(2)7-8-18-14-11(5)13(15-6)16-12(17-14)10(3)4/h9-10H,7-8H2,1-6H3,(H,15,16,17). The van der Waals surface area contributed by atoms with E-state index in [2.05, 4.69) is 43.0 Å². The van der Waals surface area contributed by atoms with Crippen LogP contribution in [0.5, 0.6) is 5.88 Å². The van der Waals surface area contributed by atoms with E-state index in [4.69, 9.17) is 4.74 Å². The summed E-state index contributed by atoms with van der Waals surface area (Å²) in [4.78, 5) is 9.00. The summed E-state index contributed by atoms with van der Waals surface area (Å²) in [6.07, 6.45) is 1.04. The number of nitrogens with zero attached hydrogens (tertiary/aromatic N) is 2. The molecule has 0 saturated carbocycles. The van der Waals surface area contributed by atoms with Crippen LogP contribution in [0.2, 0.25) is 0 Å². The fourth-order valence-corrected chi connectivity index (χ4v) is 1.55. The Labute approximate surface area is 110 Å². The molecule has 0 unspecified atom stereocenters. The zero-order valence-corrected chi connectivity index (χ0v) is 12.4. The molecule has 102 valence electrons. The fraction of sp³-hybridized carbons (Fsp3) is 0.714. The van der Waals surface area contributed by atoms with Crippen LogP contribution >= 0.6 is 0 Å².